The molecule has 6 heteroatoms. The Bertz CT molecular complexity index is 955. The summed E-state index contributed by atoms with van der Waals surface area (Å²) in [5, 5.41) is 15.0. The molecule has 6 nitrogen and oxygen atoms in total. The number of aliphatic hydroxyl groups is 1. The molecular weight excluding hydrogens is 390 g/mol. The topological polar surface area (TPSA) is 66.8 Å². The third-order valence-electron chi connectivity index (χ3n) is 6.97. The normalized spacial score (nSPS) is 23.3. The second-order valence-electron chi connectivity index (χ2n) is 9.84. The molecule has 2 fully saturated rings. The number of methoxy groups -OCH3 is 1. The van der Waals surface area contributed by atoms with E-state index in [2.05, 4.69) is 22.3 Å². The van der Waals surface area contributed by atoms with Gasteiger partial charge < -0.3 is 24.8 Å². The van der Waals surface area contributed by atoms with Crippen LogP contribution >= 0.6 is 0 Å². The smallest absolute Gasteiger partial charge is 0.163 e. The number of rotatable bonds is 9. The Labute approximate surface area is 184 Å². The van der Waals surface area contributed by atoms with Crippen molar-refractivity contribution >= 4 is 16.6 Å². The Morgan fingerprint density at radius 1 is 1.26 bits per heavy atom. The van der Waals surface area contributed by atoms with E-state index in [1.165, 1.54) is 36.2 Å². The first kappa shape index (κ1) is 20.8. The Kier molecular flexibility index (Phi) is 5.69. The monoisotopic (exact) mass is 425 g/mol. The second kappa shape index (κ2) is 8.47. The number of aromatic nitrogens is 1. The Balaban J connectivity index is 1.32. The van der Waals surface area contributed by atoms with Crippen molar-refractivity contribution in [2.24, 2.45) is 5.92 Å². The first-order valence-corrected chi connectivity index (χ1v) is 11.9. The lowest BCUT2D eigenvalue weighted by molar-refractivity contribution is 0.0681. The fraction of sp³-hybridized carbons (Fsp3) is 0.640. The Morgan fingerprint density at radius 3 is 2.87 bits per heavy atom. The summed E-state index contributed by atoms with van der Waals surface area (Å²) in [5.41, 5.74) is 4.34. The molecule has 1 saturated heterocycles. The van der Waals surface area contributed by atoms with Gasteiger partial charge in [-0.1, -0.05) is 0 Å². The zero-order chi connectivity index (χ0) is 21.4. The van der Waals surface area contributed by atoms with Gasteiger partial charge in [0.05, 0.1) is 24.8 Å². The first-order chi connectivity index (χ1) is 15.0. The summed E-state index contributed by atoms with van der Waals surface area (Å²) in [6.45, 7) is 6.23. The minimum Gasteiger partial charge on any atom is -0.493 e. The molecular formula is C25H35N3O3. The van der Waals surface area contributed by atoms with Gasteiger partial charge in [0.1, 0.15) is 0 Å². The van der Waals surface area contributed by atoms with Crippen molar-refractivity contribution in [1.82, 2.24) is 9.88 Å². The lowest BCUT2D eigenvalue weighted by atomic mass is 10.1. The quantitative estimate of drug-likeness (QED) is 0.596. The number of hydrogen-bond donors (Lipinski definition) is 2. The average molecular weight is 426 g/mol. The predicted molar refractivity (Wildman–Crippen MR) is 123 cm³/mol. The number of nitrogens with one attached hydrogen (secondary N) is 1. The maximum absolute atomic E-state index is 10.1. The van der Waals surface area contributed by atoms with Crippen LogP contribution in [0.1, 0.15) is 50.3 Å². The number of hydrogen-bond acceptors (Lipinski definition) is 6. The van der Waals surface area contributed by atoms with E-state index in [1.807, 2.05) is 6.92 Å². The summed E-state index contributed by atoms with van der Waals surface area (Å²) in [5.74, 6) is 2.36. The molecule has 2 aliphatic carbocycles. The van der Waals surface area contributed by atoms with Crippen LogP contribution in [-0.4, -0.2) is 60.5 Å². The van der Waals surface area contributed by atoms with Gasteiger partial charge in [-0.3, -0.25) is 4.98 Å². The van der Waals surface area contributed by atoms with E-state index >= 15 is 0 Å². The fourth-order valence-electron chi connectivity index (χ4n) is 5.01. The van der Waals surface area contributed by atoms with Gasteiger partial charge in [-0.25, -0.2) is 0 Å². The highest BCUT2D eigenvalue weighted by Gasteiger charge is 2.30. The maximum atomic E-state index is 10.1. The van der Waals surface area contributed by atoms with Crippen LogP contribution < -0.4 is 14.8 Å². The van der Waals surface area contributed by atoms with E-state index in [0.717, 1.165) is 80.2 Å². The molecule has 0 amide bonds. The number of benzene rings is 1. The lowest BCUT2D eigenvalue weighted by Gasteiger charge is -2.19. The first-order valence-electron chi connectivity index (χ1n) is 11.9. The minimum absolute atomic E-state index is 0.542. The molecule has 1 aromatic heterocycles. The summed E-state index contributed by atoms with van der Waals surface area (Å²) in [7, 11) is 1.71. The van der Waals surface area contributed by atoms with Crippen LogP contribution in [0.2, 0.25) is 0 Å². The summed E-state index contributed by atoms with van der Waals surface area (Å²) < 4.78 is 11.8. The molecule has 1 aromatic carbocycles. The highest BCUT2D eigenvalue weighted by molar-refractivity contribution is 5.96. The summed E-state index contributed by atoms with van der Waals surface area (Å²) >= 11 is 0. The number of aryl methyl sites for hydroxylation is 1. The molecule has 168 valence electrons. The van der Waals surface area contributed by atoms with E-state index in [1.54, 1.807) is 7.11 Å². The van der Waals surface area contributed by atoms with Crippen molar-refractivity contribution in [3.8, 4) is 11.5 Å². The summed E-state index contributed by atoms with van der Waals surface area (Å²) in [6.07, 6.45) is 7.80. The molecule has 2 N–H and O–H groups in total. The van der Waals surface area contributed by atoms with Crippen LogP contribution in [0.15, 0.2) is 12.1 Å². The van der Waals surface area contributed by atoms with E-state index < -0.39 is 5.60 Å². The van der Waals surface area contributed by atoms with Crippen molar-refractivity contribution < 1.29 is 14.6 Å². The van der Waals surface area contributed by atoms with E-state index in [-0.39, 0.29) is 0 Å². The molecule has 2 aromatic rings. The highest BCUT2D eigenvalue weighted by Crippen LogP contribution is 2.40. The second-order valence-corrected chi connectivity index (χ2v) is 9.84. The van der Waals surface area contributed by atoms with Gasteiger partial charge in [-0.2, -0.15) is 0 Å². The molecule has 1 aliphatic heterocycles. The molecule has 1 atom stereocenters. The third kappa shape index (κ3) is 4.60. The van der Waals surface area contributed by atoms with Crippen LogP contribution in [-0.2, 0) is 12.8 Å². The number of anilines is 1. The maximum Gasteiger partial charge on any atom is 0.163 e. The molecule has 0 radical (unpaired) electrons. The van der Waals surface area contributed by atoms with Crippen LogP contribution in [0.5, 0.6) is 11.5 Å². The largest absolute Gasteiger partial charge is 0.493 e. The van der Waals surface area contributed by atoms with Crippen LogP contribution in [0.25, 0.3) is 10.9 Å². The molecule has 0 bridgehead atoms. The Morgan fingerprint density at radius 2 is 2.13 bits per heavy atom. The summed E-state index contributed by atoms with van der Waals surface area (Å²) in [4.78, 5) is 7.30. The number of pyridine rings is 1. The Hall–Kier alpha value is -2.05. The number of nitrogens with zero attached hydrogens (tertiary/aromatic N) is 2. The van der Waals surface area contributed by atoms with Crippen molar-refractivity contribution in [2.45, 2.75) is 57.5 Å². The van der Waals surface area contributed by atoms with Crippen molar-refractivity contribution in [3.05, 3.63) is 23.4 Å². The van der Waals surface area contributed by atoms with Gasteiger partial charge in [0.2, 0.25) is 0 Å². The third-order valence-corrected chi connectivity index (χ3v) is 6.97. The van der Waals surface area contributed by atoms with Crippen LogP contribution in [0.4, 0.5) is 5.69 Å². The standard InChI is InChI=1S/C25H35N3O3/c1-25(29)9-11-28(16-25)10-4-12-31-23-14-21-19(13-22(23)30-2)24(26-15-17-7-8-17)18-5-3-6-20(18)27-21/h13-14,17,29H,3-12,15-16H2,1-2H3,(H,26,27). The number of likely N-dealkylation sites (tertiary alicyclic amines) is 1. The molecule has 1 unspecified atom stereocenters. The SMILES string of the molecule is COc1cc2c(NCC3CC3)c3c(nc2cc1OCCCN1CCC(C)(O)C1)CCC3. The van der Waals surface area contributed by atoms with Crippen molar-refractivity contribution in [1.29, 1.82) is 0 Å². The van der Waals surface area contributed by atoms with Crippen LogP contribution in [0, 0.1) is 5.92 Å². The molecule has 31 heavy (non-hydrogen) atoms. The van der Waals surface area contributed by atoms with Crippen molar-refractivity contribution in [2.75, 3.05) is 45.2 Å². The number of ether oxygens (including phenoxy) is 2. The fourth-order valence-corrected chi connectivity index (χ4v) is 5.01. The lowest BCUT2D eigenvalue weighted by Crippen LogP contribution is -2.30. The van der Waals surface area contributed by atoms with Gasteiger partial charge >= 0.3 is 0 Å². The van der Waals surface area contributed by atoms with E-state index in [0.29, 0.717) is 6.61 Å². The van der Waals surface area contributed by atoms with Gasteiger partial charge in [-0.05, 0) is 69.4 Å². The molecule has 2 heterocycles. The molecule has 0 spiro atoms. The average Bonchev–Trinajstić information content (AvgIpc) is 3.35. The van der Waals surface area contributed by atoms with E-state index in [9.17, 15) is 5.11 Å². The van der Waals surface area contributed by atoms with E-state index in [4.69, 9.17) is 14.5 Å². The van der Waals surface area contributed by atoms with Gasteiger partial charge in [0, 0.05) is 49.0 Å². The van der Waals surface area contributed by atoms with Crippen molar-refractivity contribution in [3.63, 3.8) is 0 Å². The molecule has 1 saturated carbocycles. The molecule has 5 rings (SSSR count). The number of fused-ring (bicyclic) bond motifs is 2. The summed E-state index contributed by atoms with van der Waals surface area (Å²) in [6, 6.07) is 4.15. The zero-order valence-electron chi connectivity index (χ0n) is 18.9. The van der Waals surface area contributed by atoms with Crippen LogP contribution in [0.3, 0.4) is 0 Å². The zero-order valence-corrected chi connectivity index (χ0v) is 18.9. The van der Waals surface area contributed by atoms with Gasteiger partial charge in [0.15, 0.2) is 11.5 Å². The molecule has 3 aliphatic rings. The van der Waals surface area contributed by atoms with Gasteiger partial charge in [0.25, 0.3) is 0 Å². The minimum atomic E-state index is -0.542. The number of β-amino-alcohol motifs (C(OH)–C–C–N with tert-alkyl or cyclic N) is 1. The highest BCUT2D eigenvalue weighted by atomic mass is 16.5. The van der Waals surface area contributed by atoms with Gasteiger partial charge in [-0.15, -0.1) is 0 Å². The predicted octanol–water partition coefficient (Wildman–Crippen LogP) is 3.78.